The van der Waals surface area contributed by atoms with E-state index in [1.165, 1.54) is 0 Å². The van der Waals surface area contributed by atoms with E-state index in [0.717, 1.165) is 29.0 Å². The molecule has 0 bridgehead atoms. The van der Waals surface area contributed by atoms with E-state index in [-0.39, 0.29) is 6.03 Å². The minimum absolute atomic E-state index is 0.114. The summed E-state index contributed by atoms with van der Waals surface area (Å²) in [6.45, 7) is 2.62. The van der Waals surface area contributed by atoms with Crippen molar-refractivity contribution < 1.29 is 9.53 Å². The molecule has 1 N–H and O–H groups in total. The van der Waals surface area contributed by atoms with E-state index in [9.17, 15) is 4.79 Å². The van der Waals surface area contributed by atoms with Crippen LogP contribution >= 0.6 is 0 Å². The molecule has 0 atom stereocenters. The summed E-state index contributed by atoms with van der Waals surface area (Å²) in [5.41, 5.74) is 3.06. The molecule has 0 fully saturated rings. The first kappa shape index (κ1) is 15.9. The third-order valence-corrected chi connectivity index (χ3v) is 3.57. The van der Waals surface area contributed by atoms with Crippen LogP contribution in [-0.4, -0.2) is 25.1 Å². The number of urea groups is 1. The first-order valence-electron chi connectivity index (χ1n) is 7.37. The quantitative estimate of drug-likeness (QED) is 0.909. The van der Waals surface area contributed by atoms with Gasteiger partial charge in [-0.2, -0.15) is 0 Å². The summed E-state index contributed by atoms with van der Waals surface area (Å²) in [6, 6.07) is 15.5. The molecule has 2 amide bonds. The zero-order chi connectivity index (χ0) is 15.9. The van der Waals surface area contributed by atoms with Crippen molar-refractivity contribution in [2.75, 3.05) is 19.5 Å². The maximum Gasteiger partial charge on any atom is 0.321 e. The molecule has 2 aromatic rings. The van der Waals surface area contributed by atoms with Gasteiger partial charge in [0.25, 0.3) is 0 Å². The second kappa shape index (κ2) is 7.50. The number of hydrogen-bond donors (Lipinski definition) is 1. The molecule has 4 heteroatoms. The van der Waals surface area contributed by atoms with Crippen molar-refractivity contribution in [3.63, 3.8) is 0 Å². The molecule has 2 rings (SSSR count). The lowest BCUT2D eigenvalue weighted by atomic mass is 10.1. The van der Waals surface area contributed by atoms with Crippen LogP contribution in [-0.2, 0) is 13.0 Å². The van der Waals surface area contributed by atoms with Gasteiger partial charge in [-0.05, 0) is 35.7 Å². The van der Waals surface area contributed by atoms with Crippen molar-refractivity contribution in [3.05, 3.63) is 59.7 Å². The van der Waals surface area contributed by atoms with Crippen LogP contribution in [0.4, 0.5) is 10.5 Å². The number of methoxy groups -OCH3 is 1. The maximum absolute atomic E-state index is 12.3. The molecule has 0 heterocycles. The highest BCUT2D eigenvalue weighted by Crippen LogP contribution is 2.17. The molecular weight excluding hydrogens is 276 g/mol. The minimum atomic E-state index is -0.114. The van der Waals surface area contributed by atoms with E-state index < -0.39 is 0 Å². The lowest BCUT2D eigenvalue weighted by Gasteiger charge is -2.19. The smallest absolute Gasteiger partial charge is 0.321 e. The molecule has 4 nitrogen and oxygen atoms in total. The van der Waals surface area contributed by atoms with E-state index in [1.54, 1.807) is 19.1 Å². The van der Waals surface area contributed by atoms with Gasteiger partial charge in [-0.15, -0.1) is 0 Å². The Morgan fingerprint density at radius 3 is 2.45 bits per heavy atom. The third kappa shape index (κ3) is 4.01. The fraction of sp³-hybridized carbons (Fsp3) is 0.278. The minimum Gasteiger partial charge on any atom is -0.497 e. The summed E-state index contributed by atoms with van der Waals surface area (Å²) in [4.78, 5) is 14.0. The molecule has 22 heavy (non-hydrogen) atoms. The molecule has 2 aromatic carbocycles. The van der Waals surface area contributed by atoms with Gasteiger partial charge in [0.05, 0.1) is 7.11 Å². The monoisotopic (exact) mass is 298 g/mol. The number of carbonyl (C=O) groups is 1. The van der Waals surface area contributed by atoms with Crippen molar-refractivity contribution in [1.29, 1.82) is 0 Å². The molecule has 0 aromatic heterocycles. The number of rotatable bonds is 5. The number of nitrogens with zero attached hydrogens (tertiary/aromatic N) is 1. The zero-order valence-corrected chi connectivity index (χ0v) is 13.3. The lowest BCUT2D eigenvalue weighted by Crippen LogP contribution is -2.31. The molecule has 0 saturated carbocycles. The Bertz CT molecular complexity index is 623. The Morgan fingerprint density at radius 2 is 1.82 bits per heavy atom. The largest absolute Gasteiger partial charge is 0.497 e. The van der Waals surface area contributed by atoms with Crippen molar-refractivity contribution in [2.45, 2.75) is 19.9 Å². The van der Waals surface area contributed by atoms with Crippen LogP contribution in [0.15, 0.2) is 48.5 Å². The van der Waals surface area contributed by atoms with Gasteiger partial charge in [0.1, 0.15) is 5.75 Å². The van der Waals surface area contributed by atoms with Crippen LogP contribution in [0.2, 0.25) is 0 Å². The van der Waals surface area contributed by atoms with Gasteiger partial charge >= 0.3 is 6.03 Å². The summed E-state index contributed by atoms with van der Waals surface area (Å²) in [5.74, 6) is 0.813. The Morgan fingerprint density at radius 1 is 1.14 bits per heavy atom. The average molecular weight is 298 g/mol. The van der Waals surface area contributed by atoms with Gasteiger partial charge in [0, 0.05) is 19.3 Å². The van der Waals surface area contributed by atoms with Crippen LogP contribution in [0.5, 0.6) is 5.75 Å². The van der Waals surface area contributed by atoms with Crippen molar-refractivity contribution in [1.82, 2.24) is 4.90 Å². The second-order valence-corrected chi connectivity index (χ2v) is 5.14. The normalized spacial score (nSPS) is 10.1. The highest BCUT2D eigenvalue weighted by molar-refractivity contribution is 5.89. The predicted molar refractivity (Wildman–Crippen MR) is 89.3 cm³/mol. The number of nitrogens with one attached hydrogen (secondary N) is 1. The van der Waals surface area contributed by atoms with Gasteiger partial charge in [-0.1, -0.05) is 37.3 Å². The third-order valence-electron chi connectivity index (χ3n) is 3.57. The standard InChI is InChI=1S/C18H22N2O2/c1-4-15-7-5-6-8-17(15)19-18(21)20(2)13-14-9-11-16(22-3)12-10-14/h5-12H,4,13H2,1-3H3,(H,19,21). The van der Waals surface area contributed by atoms with Crippen LogP contribution in [0, 0.1) is 0 Å². The molecule has 0 aliphatic rings. The summed E-state index contributed by atoms with van der Waals surface area (Å²) in [6.07, 6.45) is 0.888. The SMILES string of the molecule is CCc1ccccc1NC(=O)N(C)Cc1ccc(OC)cc1. The van der Waals surface area contributed by atoms with E-state index in [1.807, 2.05) is 48.5 Å². The van der Waals surface area contributed by atoms with Crippen LogP contribution in [0.3, 0.4) is 0 Å². The van der Waals surface area contributed by atoms with Crippen LogP contribution < -0.4 is 10.1 Å². The first-order chi connectivity index (χ1) is 10.6. The number of para-hydroxylation sites is 1. The average Bonchev–Trinajstić information content (AvgIpc) is 2.56. The lowest BCUT2D eigenvalue weighted by molar-refractivity contribution is 0.220. The van der Waals surface area contributed by atoms with Gasteiger partial charge < -0.3 is 15.0 Å². The highest BCUT2D eigenvalue weighted by atomic mass is 16.5. The fourth-order valence-corrected chi connectivity index (χ4v) is 2.24. The highest BCUT2D eigenvalue weighted by Gasteiger charge is 2.11. The number of ether oxygens (including phenoxy) is 1. The van der Waals surface area contributed by atoms with Gasteiger partial charge in [-0.25, -0.2) is 4.79 Å². The van der Waals surface area contributed by atoms with Crippen LogP contribution in [0.1, 0.15) is 18.1 Å². The Hall–Kier alpha value is -2.49. The van der Waals surface area contributed by atoms with E-state index in [0.29, 0.717) is 6.54 Å². The maximum atomic E-state index is 12.3. The Balaban J connectivity index is 1.99. The van der Waals surface area contributed by atoms with Crippen LogP contribution in [0.25, 0.3) is 0 Å². The molecule has 0 aliphatic heterocycles. The van der Waals surface area contributed by atoms with Gasteiger partial charge in [0.2, 0.25) is 0 Å². The molecule has 0 unspecified atom stereocenters. The Labute approximate surface area is 131 Å². The summed E-state index contributed by atoms with van der Waals surface area (Å²) >= 11 is 0. The first-order valence-corrected chi connectivity index (χ1v) is 7.37. The molecule has 116 valence electrons. The Kier molecular flexibility index (Phi) is 5.42. The van der Waals surface area contributed by atoms with E-state index in [4.69, 9.17) is 4.74 Å². The molecule has 0 aliphatic carbocycles. The summed E-state index contributed by atoms with van der Waals surface area (Å²) < 4.78 is 5.13. The number of amides is 2. The number of carbonyl (C=O) groups excluding carboxylic acids is 1. The number of aryl methyl sites for hydroxylation is 1. The van der Waals surface area contributed by atoms with Crippen molar-refractivity contribution in [3.8, 4) is 5.75 Å². The second-order valence-electron chi connectivity index (χ2n) is 5.14. The predicted octanol–water partition coefficient (Wildman–Crippen LogP) is 3.92. The van der Waals surface area contributed by atoms with Gasteiger partial charge in [0.15, 0.2) is 0 Å². The molecule has 0 saturated heterocycles. The fourth-order valence-electron chi connectivity index (χ4n) is 2.24. The molecule has 0 radical (unpaired) electrons. The summed E-state index contributed by atoms with van der Waals surface area (Å²) in [5, 5.41) is 2.97. The number of hydrogen-bond acceptors (Lipinski definition) is 2. The van der Waals surface area contributed by atoms with E-state index >= 15 is 0 Å². The summed E-state index contributed by atoms with van der Waals surface area (Å²) in [7, 11) is 3.42. The van der Waals surface area contributed by atoms with Crippen molar-refractivity contribution in [2.24, 2.45) is 0 Å². The number of benzene rings is 2. The van der Waals surface area contributed by atoms with E-state index in [2.05, 4.69) is 12.2 Å². The molecule has 0 spiro atoms. The zero-order valence-electron chi connectivity index (χ0n) is 13.3. The topological polar surface area (TPSA) is 41.6 Å². The van der Waals surface area contributed by atoms with Crippen molar-refractivity contribution >= 4 is 11.7 Å². The molecular formula is C18H22N2O2. The van der Waals surface area contributed by atoms with Gasteiger partial charge in [-0.3, -0.25) is 0 Å². The number of anilines is 1.